The monoisotopic (exact) mass is 378 g/mol. The fourth-order valence-electron chi connectivity index (χ4n) is 2.23. The van der Waals surface area contributed by atoms with E-state index in [0.29, 0.717) is 5.69 Å². The molecule has 26 heavy (non-hydrogen) atoms. The molecule has 138 valence electrons. The first kappa shape index (κ1) is 19.3. The molecular formula is C16H18N4O5S. The summed E-state index contributed by atoms with van der Waals surface area (Å²) in [5.41, 5.74) is 6.07. The second kappa shape index (κ2) is 7.50. The van der Waals surface area contributed by atoms with Gasteiger partial charge in [-0.05, 0) is 29.8 Å². The van der Waals surface area contributed by atoms with Gasteiger partial charge < -0.3 is 10.6 Å². The lowest BCUT2D eigenvalue weighted by Gasteiger charge is -2.13. The third-order valence-corrected chi connectivity index (χ3v) is 4.96. The van der Waals surface area contributed by atoms with E-state index >= 15 is 0 Å². The van der Waals surface area contributed by atoms with Crippen molar-refractivity contribution in [2.45, 2.75) is 11.4 Å². The van der Waals surface area contributed by atoms with Crippen molar-refractivity contribution in [2.75, 3.05) is 19.0 Å². The Balaban J connectivity index is 2.31. The summed E-state index contributed by atoms with van der Waals surface area (Å²) in [5.74, 6) is -0.957. The number of nitro groups is 1. The van der Waals surface area contributed by atoms with Crippen LogP contribution in [0.15, 0.2) is 47.4 Å². The van der Waals surface area contributed by atoms with Crippen molar-refractivity contribution in [3.8, 4) is 0 Å². The largest absolute Gasteiger partial charge is 0.372 e. The first-order chi connectivity index (χ1) is 12.2. The molecule has 0 heterocycles. The van der Waals surface area contributed by atoms with Crippen molar-refractivity contribution in [1.82, 2.24) is 4.72 Å². The third kappa shape index (κ3) is 4.16. The van der Waals surface area contributed by atoms with Gasteiger partial charge in [-0.1, -0.05) is 12.1 Å². The number of nitrogens with one attached hydrogen (secondary N) is 1. The van der Waals surface area contributed by atoms with Crippen LogP contribution >= 0.6 is 0 Å². The van der Waals surface area contributed by atoms with Gasteiger partial charge in [0.05, 0.1) is 9.82 Å². The average molecular weight is 378 g/mol. The highest BCUT2D eigenvalue weighted by Crippen LogP contribution is 2.27. The molecular weight excluding hydrogens is 360 g/mol. The maximum atomic E-state index is 12.3. The molecule has 0 saturated carbocycles. The first-order valence-electron chi connectivity index (χ1n) is 7.47. The van der Waals surface area contributed by atoms with Crippen molar-refractivity contribution in [3.05, 3.63) is 63.7 Å². The SMILES string of the molecule is CN(C)c1ccc(C(=O)NS(=O)(=O)c2ccc(CN)cc2)cc1[N+](=O)[O-]. The van der Waals surface area contributed by atoms with Crippen molar-refractivity contribution in [1.29, 1.82) is 0 Å². The molecule has 2 aromatic carbocycles. The predicted octanol–water partition coefficient (Wildman–Crippen LogP) is 1.24. The van der Waals surface area contributed by atoms with E-state index in [1.54, 1.807) is 14.1 Å². The van der Waals surface area contributed by atoms with Gasteiger partial charge >= 0.3 is 0 Å². The zero-order valence-corrected chi connectivity index (χ0v) is 15.0. The van der Waals surface area contributed by atoms with Gasteiger partial charge in [0, 0.05) is 32.3 Å². The summed E-state index contributed by atoms with van der Waals surface area (Å²) >= 11 is 0. The highest BCUT2D eigenvalue weighted by molar-refractivity contribution is 7.90. The van der Waals surface area contributed by atoms with Crippen LogP contribution in [0.25, 0.3) is 0 Å². The topological polar surface area (TPSA) is 136 Å². The second-order valence-electron chi connectivity index (χ2n) is 5.64. The first-order valence-corrected chi connectivity index (χ1v) is 8.96. The maximum absolute atomic E-state index is 12.3. The maximum Gasteiger partial charge on any atom is 0.293 e. The Morgan fingerprint density at radius 1 is 1.19 bits per heavy atom. The van der Waals surface area contributed by atoms with Crippen LogP contribution in [0.4, 0.5) is 11.4 Å². The molecule has 0 bridgehead atoms. The molecule has 0 radical (unpaired) electrons. The van der Waals surface area contributed by atoms with Crippen LogP contribution in [-0.2, 0) is 16.6 Å². The molecule has 0 fully saturated rings. The fourth-order valence-corrected chi connectivity index (χ4v) is 3.21. The number of nitrogens with two attached hydrogens (primary N) is 1. The molecule has 0 aliphatic carbocycles. The standard InChI is InChI=1S/C16H18N4O5S/c1-19(2)14-8-5-12(9-15(14)20(22)23)16(21)18-26(24,25)13-6-3-11(10-17)4-7-13/h3-9H,10,17H2,1-2H3,(H,18,21). The molecule has 3 N–H and O–H groups in total. The minimum Gasteiger partial charge on any atom is -0.372 e. The lowest BCUT2D eigenvalue weighted by atomic mass is 10.1. The number of hydrogen-bond donors (Lipinski definition) is 2. The molecule has 0 saturated heterocycles. The summed E-state index contributed by atoms with van der Waals surface area (Å²) in [5, 5.41) is 11.2. The number of anilines is 1. The van der Waals surface area contributed by atoms with E-state index in [-0.39, 0.29) is 22.7 Å². The number of rotatable bonds is 6. The smallest absolute Gasteiger partial charge is 0.293 e. The Labute approximate surface area is 150 Å². The predicted molar refractivity (Wildman–Crippen MR) is 96.4 cm³/mol. The van der Waals surface area contributed by atoms with Gasteiger partial charge in [0.15, 0.2) is 0 Å². The quantitative estimate of drug-likeness (QED) is 0.570. The Morgan fingerprint density at radius 2 is 1.81 bits per heavy atom. The number of nitrogens with zero attached hydrogens (tertiary/aromatic N) is 2. The highest BCUT2D eigenvalue weighted by atomic mass is 32.2. The van der Waals surface area contributed by atoms with Gasteiger partial charge in [0.25, 0.3) is 21.6 Å². The fraction of sp³-hybridized carbons (Fsp3) is 0.188. The summed E-state index contributed by atoms with van der Waals surface area (Å²) < 4.78 is 26.5. The minimum atomic E-state index is -4.11. The molecule has 0 atom stereocenters. The van der Waals surface area contributed by atoms with Crippen LogP contribution in [0.5, 0.6) is 0 Å². The minimum absolute atomic E-state index is 0.109. The summed E-state index contributed by atoms with van der Waals surface area (Å²) in [6, 6.07) is 9.48. The van der Waals surface area contributed by atoms with Crippen LogP contribution < -0.4 is 15.4 Å². The molecule has 9 nitrogen and oxygen atoms in total. The number of nitro benzene ring substituents is 1. The lowest BCUT2D eigenvalue weighted by molar-refractivity contribution is -0.384. The molecule has 10 heteroatoms. The number of carbonyl (C=O) groups is 1. The van der Waals surface area contributed by atoms with E-state index in [0.717, 1.165) is 11.6 Å². The zero-order valence-electron chi connectivity index (χ0n) is 14.2. The number of sulfonamides is 1. The molecule has 0 aliphatic rings. The van der Waals surface area contributed by atoms with Crippen molar-refractivity contribution in [2.24, 2.45) is 5.73 Å². The number of benzene rings is 2. The van der Waals surface area contributed by atoms with Gasteiger partial charge in [-0.2, -0.15) is 0 Å². The molecule has 0 aromatic heterocycles. The highest BCUT2D eigenvalue weighted by Gasteiger charge is 2.22. The summed E-state index contributed by atoms with van der Waals surface area (Å²) in [7, 11) is -0.868. The Bertz CT molecular complexity index is 940. The second-order valence-corrected chi connectivity index (χ2v) is 7.32. The number of amides is 1. The summed E-state index contributed by atoms with van der Waals surface area (Å²) in [6.07, 6.45) is 0. The molecule has 1 amide bonds. The molecule has 2 aromatic rings. The Kier molecular flexibility index (Phi) is 5.58. The average Bonchev–Trinajstić information content (AvgIpc) is 2.60. The third-order valence-electron chi connectivity index (χ3n) is 3.61. The molecule has 0 spiro atoms. The van der Waals surface area contributed by atoms with Gasteiger partial charge in [0.2, 0.25) is 0 Å². The van der Waals surface area contributed by atoms with E-state index in [2.05, 4.69) is 0 Å². The van der Waals surface area contributed by atoms with E-state index in [9.17, 15) is 23.3 Å². The van der Waals surface area contributed by atoms with Gasteiger partial charge in [-0.15, -0.1) is 0 Å². The molecule has 0 aliphatic heterocycles. The lowest BCUT2D eigenvalue weighted by Crippen LogP contribution is -2.30. The van der Waals surface area contributed by atoms with Crippen LogP contribution in [0.1, 0.15) is 15.9 Å². The van der Waals surface area contributed by atoms with E-state index in [1.165, 1.54) is 41.3 Å². The molecule has 0 unspecified atom stereocenters. The molecule has 2 rings (SSSR count). The van der Waals surface area contributed by atoms with E-state index in [4.69, 9.17) is 5.73 Å². The Hall–Kier alpha value is -2.98. The van der Waals surface area contributed by atoms with Crippen molar-refractivity contribution in [3.63, 3.8) is 0 Å². The summed E-state index contributed by atoms with van der Waals surface area (Å²) in [6.45, 7) is 0.259. The van der Waals surface area contributed by atoms with Crippen molar-refractivity contribution >= 4 is 27.3 Å². The van der Waals surface area contributed by atoms with Gasteiger partial charge in [0.1, 0.15) is 5.69 Å². The van der Waals surface area contributed by atoms with E-state index < -0.39 is 20.9 Å². The number of hydrogen-bond acceptors (Lipinski definition) is 7. The van der Waals surface area contributed by atoms with Crippen LogP contribution in [0.2, 0.25) is 0 Å². The van der Waals surface area contributed by atoms with Crippen molar-refractivity contribution < 1.29 is 18.1 Å². The Morgan fingerprint density at radius 3 is 2.31 bits per heavy atom. The zero-order chi connectivity index (χ0) is 19.5. The van der Waals surface area contributed by atoms with Crippen LogP contribution in [0.3, 0.4) is 0 Å². The van der Waals surface area contributed by atoms with E-state index in [1.807, 2.05) is 4.72 Å². The summed E-state index contributed by atoms with van der Waals surface area (Å²) in [4.78, 5) is 24.2. The van der Waals surface area contributed by atoms with Gasteiger partial charge in [-0.3, -0.25) is 14.9 Å². The number of carbonyl (C=O) groups excluding carboxylic acids is 1. The normalized spacial score (nSPS) is 11.0. The van der Waals surface area contributed by atoms with Gasteiger partial charge in [-0.25, -0.2) is 13.1 Å². The van der Waals surface area contributed by atoms with Crippen LogP contribution in [0, 0.1) is 10.1 Å². The van der Waals surface area contributed by atoms with Crippen LogP contribution in [-0.4, -0.2) is 33.3 Å².